The minimum atomic E-state index is 0.0957. The molecule has 0 radical (unpaired) electrons. The second-order valence-electron chi connectivity index (χ2n) is 6.39. The summed E-state index contributed by atoms with van der Waals surface area (Å²) in [6.45, 7) is 21.7. The van der Waals surface area contributed by atoms with Gasteiger partial charge in [-0.2, -0.15) is 0 Å². The molecule has 0 aromatic heterocycles. The lowest BCUT2D eigenvalue weighted by Gasteiger charge is -2.36. The van der Waals surface area contributed by atoms with Crippen LogP contribution in [0.4, 0.5) is 0 Å². The van der Waals surface area contributed by atoms with Crippen molar-refractivity contribution in [1.82, 2.24) is 5.32 Å². The number of nitrogens with one attached hydrogen (secondary N) is 1. The van der Waals surface area contributed by atoms with Crippen molar-refractivity contribution in [2.24, 2.45) is 5.41 Å². The summed E-state index contributed by atoms with van der Waals surface area (Å²) in [5.41, 5.74) is 4.04. The molecule has 0 unspecified atom stereocenters. The van der Waals surface area contributed by atoms with Gasteiger partial charge in [0.15, 0.2) is 0 Å². The molecule has 1 heteroatoms. The van der Waals surface area contributed by atoms with E-state index in [1.165, 1.54) is 11.3 Å². The lowest BCUT2D eigenvalue weighted by atomic mass is 9.81. The molecular formula is C15H29N. The zero-order valence-electron chi connectivity index (χ0n) is 12.4. The van der Waals surface area contributed by atoms with Crippen LogP contribution in [0.25, 0.3) is 0 Å². The predicted molar refractivity (Wildman–Crippen MR) is 74.5 cm³/mol. The second kappa shape index (κ2) is 5.07. The van der Waals surface area contributed by atoms with Crippen LogP contribution in [0.2, 0.25) is 0 Å². The molecule has 0 aromatic rings. The Morgan fingerprint density at radius 1 is 1.06 bits per heavy atom. The van der Waals surface area contributed by atoms with Gasteiger partial charge in [-0.25, -0.2) is 0 Å². The van der Waals surface area contributed by atoms with E-state index in [0.29, 0.717) is 0 Å². The van der Waals surface area contributed by atoms with E-state index in [9.17, 15) is 0 Å². The fourth-order valence-electron chi connectivity index (χ4n) is 1.54. The van der Waals surface area contributed by atoms with Gasteiger partial charge in [0.2, 0.25) is 0 Å². The first-order valence-corrected chi connectivity index (χ1v) is 6.16. The molecule has 0 aliphatic rings. The lowest BCUT2D eigenvalue weighted by molar-refractivity contribution is 0.345. The summed E-state index contributed by atoms with van der Waals surface area (Å²) in [6, 6.07) is 0. The van der Waals surface area contributed by atoms with E-state index in [2.05, 4.69) is 67.3 Å². The molecule has 0 aliphatic carbocycles. The van der Waals surface area contributed by atoms with E-state index in [4.69, 9.17) is 0 Å². The molecule has 0 spiro atoms. The zero-order chi connectivity index (χ0) is 13.1. The third kappa shape index (κ3) is 4.42. The molecule has 0 saturated heterocycles. The fraction of sp³-hybridized carbons (Fsp3) is 0.733. The Bertz CT molecular complexity index is 287. The molecular weight excluding hydrogens is 194 g/mol. The van der Waals surface area contributed by atoms with Crippen LogP contribution < -0.4 is 5.32 Å². The topological polar surface area (TPSA) is 12.0 Å². The Balaban J connectivity index is 5.41. The molecule has 0 atom stereocenters. The molecule has 0 rings (SSSR count). The van der Waals surface area contributed by atoms with Gasteiger partial charge in [0.05, 0.1) is 0 Å². The van der Waals surface area contributed by atoms with Crippen molar-refractivity contribution in [3.05, 3.63) is 23.4 Å². The number of allylic oxidation sites excluding steroid dienone is 3. The summed E-state index contributed by atoms with van der Waals surface area (Å²) in [7, 11) is 0. The first kappa shape index (κ1) is 15.3. The Morgan fingerprint density at radius 3 is 1.75 bits per heavy atom. The van der Waals surface area contributed by atoms with Gasteiger partial charge < -0.3 is 5.32 Å². The predicted octanol–water partition coefficient (Wildman–Crippen LogP) is 4.66. The molecule has 0 heterocycles. The standard InChI is InChI=1S/C15H29N/c1-10-15(8,9)13(12(4)11(2)3)16-14(5,6)7/h16H,2,10H2,1,3-9H3/b13-12-. The van der Waals surface area contributed by atoms with Crippen LogP contribution in [0, 0.1) is 5.41 Å². The molecule has 0 bridgehead atoms. The Kier molecular flexibility index (Phi) is 4.85. The van der Waals surface area contributed by atoms with Crippen LogP contribution in [0.3, 0.4) is 0 Å². The van der Waals surface area contributed by atoms with Crippen LogP contribution in [0.1, 0.15) is 61.8 Å². The summed E-state index contributed by atoms with van der Waals surface area (Å²) in [6.07, 6.45) is 1.12. The largest absolute Gasteiger partial charge is 0.383 e. The van der Waals surface area contributed by atoms with Crippen molar-refractivity contribution < 1.29 is 0 Å². The van der Waals surface area contributed by atoms with Gasteiger partial charge in [-0.15, -0.1) is 0 Å². The maximum atomic E-state index is 4.06. The maximum Gasteiger partial charge on any atom is 0.0286 e. The molecule has 0 saturated carbocycles. The van der Waals surface area contributed by atoms with E-state index >= 15 is 0 Å². The summed E-state index contributed by atoms with van der Waals surface area (Å²) in [5, 5.41) is 3.65. The monoisotopic (exact) mass is 223 g/mol. The Labute approximate surface area is 102 Å². The van der Waals surface area contributed by atoms with Crippen molar-refractivity contribution in [1.29, 1.82) is 0 Å². The minimum Gasteiger partial charge on any atom is -0.383 e. The van der Waals surface area contributed by atoms with Crippen LogP contribution in [-0.4, -0.2) is 5.54 Å². The first-order chi connectivity index (χ1) is 7.01. The van der Waals surface area contributed by atoms with Crippen molar-refractivity contribution in [2.45, 2.75) is 67.3 Å². The van der Waals surface area contributed by atoms with Crippen LogP contribution in [0.15, 0.2) is 23.4 Å². The fourth-order valence-corrected chi connectivity index (χ4v) is 1.54. The van der Waals surface area contributed by atoms with Crippen LogP contribution in [-0.2, 0) is 0 Å². The van der Waals surface area contributed by atoms with Gasteiger partial charge in [0.25, 0.3) is 0 Å². The second-order valence-corrected chi connectivity index (χ2v) is 6.39. The van der Waals surface area contributed by atoms with Gasteiger partial charge in [-0.05, 0) is 46.6 Å². The summed E-state index contributed by atoms with van der Waals surface area (Å²) in [5.74, 6) is 0. The molecule has 16 heavy (non-hydrogen) atoms. The average molecular weight is 223 g/mol. The maximum absolute atomic E-state index is 4.06. The molecule has 0 aliphatic heterocycles. The quantitative estimate of drug-likeness (QED) is 0.683. The molecule has 1 nitrogen and oxygen atoms in total. The molecule has 94 valence electrons. The highest BCUT2D eigenvalue weighted by Gasteiger charge is 2.26. The average Bonchev–Trinajstić information content (AvgIpc) is 2.11. The smallest absolute Gasteiger partial charge is 0.0286 e. The van der Waals surface area contributed by atoms with E-state index < -0.39 is 0 Å². The van der Waals surface area contributed by atoms with E-state index in [0.717, 1.165) is 12.0 Å². The third-order valence-corrected chi connectivity index (χ3v) is 3.08. The molecule has 0 amide bonds. The van der Waals surface area contributed by atoms with E-state index in [1.807, 2.05) is 0 Å². The van der Waals surface area contributed by atoms with Crippen molar-refractivity contribution in [2.75, 3.05) is 0 Å². The Hall–Kier alpha value is -0.720. The van der Waals surface area contributed by atoms with Crippen molar-refractivity contribution in [3.63, 3.8) is 0 Å². The zero-order valence-corrected chi connectivity index (χ0v) is 12.4. The van der Waals surface area contributed by atoms with E-state index in [1.54, 1.807) is 0 Å². The van der Waals surface area contributed by atoms with Gasteiger partial charge in [-0.3, -0.25) is 0 Å². The summed E-state index contributed by atoms with van der Waals surface area (Å²) < 4.78 is 0. The lowest BCUT2D eigenvalue weighted by Crippen LogP contribution is -2.40. The van der Waals surface area contributed by atoms with Crippen LogP contribution in [0.5, 0.6) is 0 Å². The molecule has 1 N–H and O–H groups in total. The van der Waals surface area contributed by atoms with E-state index in [-0.39, 0.29) is 11.0 Å². The van der Waals surface area contributed by atoms with Gasteiger partial charge in [-0.1, -0.05) is 32.9 Å². The van der Waals surface area contributed by atoms with Gasteiger partial charge in [0.1, 0.15) is 0 Å². The molecule has 0 fully saturated rings. The van der Waals surface area contributed by atoms with Gasteiger partial charge >= 0.3 is 0 Å². The normalized spacial score (nSPS) is 14.5. The van der Waals surface area contributed by atoms with Crippen LogP contribution >= 0.6 is 0 Å². The summed E-state index contributed by atoms with van der Waals surface area (Å²) in [4.78, 5) is 0. The SMILES string of the molecule is C=C(C)/C(C)=C(\NC(C)(C)C)C(C)(C)CC. The number of rotatable bonds is 4. The summed E-state index contributed by atoms with van der Waals surface area (Å²) >= 11 is 0. The highest BCUT2D eigenvalue weighted by molar-refractivity contribution is 5.32. The highest BCUT2D eigenvalue weighted by Crippen LogP contribution is 2.33. The molecule has 0 aromatic carbocycles. The third-order valence-electron chi connectivity index (χ3n) is 3.08. The van der Waals surface area contributed by atoms with Crippen molar-refractivity contribution in [3.8, 4) is 0 Å². The first-order valence-electron chi connectivity index (χ1n) is 6.16. The number of hydrogen-bond acceptors (Lipinski definition) is 1. The minimum absolute atomic E-state index is 0.0957. The highest BCUT2D eigenvalue weighted by atomic mass is 15.0. The Morgan fingerprint density at radius 2 is 1.50 bits per heavy atom. The van der Waals surface area contributed by atoms with Gasteiger partial charge in [0, 0.05) is 16.7 Å². The number of hydrogen-bond donors (Lipinski definition) is 1. The van der Waals surface area contributed by atoms with Crippen molar-refractivity contribution >= 4 is 0 Å².